The number of non-ortho nitro benzene ring substituents is 1. The molecule has 0 spiro atoms. The Morgan fingerprint density at radius 2 is 1.86 bits per heavy atom. The number of nitrogens with zero attached hydrogens (tertiary/aromatic N) is 2. The SMILES string of the molecule is O=C1CCc2cc([N+](=O)[O-])ccc2N1Cc1ccc(Br)cc1. The Kier molecular flexibility index (Phi) is 3.94. The van der Waals surface area contributed by atoms with Crippen LogP contribution in [0.25, 0.3) is 0 Å². The van der Waals surface area contributed by atoms with E-state index >= 15 is 0 Å². The Bertz CT molecular complexity index is 744. The van der Waals surface area contributed by atoms with Crippen LogP contribution in [0.5, 0.6) is 0 Å². The summed E-state index contributed by atoms with van der Waals surface area (Å²) in [7, 11) is 0. The predicted molar refractivity (Wildman–Crippen MR) is 86.7 cm³/mol. The minimum absolute atomic E-state index is 0.0456. The molecule has 2 aromatic carbocycles. The first-order valence-electron chi connectivity index (χ1n) is 6.87. The van der Waals surface area contributed by atoms with Gasteiger partial charge in [0.05, 0.1) is 11.5 Å². The molecule has 0 aliphatic carbocycles. The molecule has 1 aliphatic rings. The standard InChI is InChI=1S/C16H13BrN2O3/c17-13-4-1-11(2-5-13)10-18-15-7-6-14(19(21)22)9-12(15)3-8-16(18)20/h1-2,4-7,9H,3,8,10H2. The van der Waals surface area contributed by atoms with E-state index in [0.717, 1.165) is 21.3 Å². The van der Waals surface area contributed by atoms with E-state index in [1.54, 1.807) is 17.0 Å². The van der Waals surface area contributed by atoms with E-state index in [-0.39, 0.29) is 11.6 Å². The van der Waals surface area contributed by atoms with Crippen molar-refractivity contribution in [1.82, 2.24) is 0 Å². The number of nitro groups is 1. The zero-order valence-electron chi connectivity index (χ0n) is 11.7. The number of anilines is 1. The van der Waals surface area contributed by atoms with Crippen LogP contribution in [0.15, 0.2) is 46.9 Å². The van der Waals surface area contributed by atoms with Crippen LogP contribution in [-0.4, -0.2) is 10.8 Å². The van der Waals surface area contributed by atoms with Gasteiger partial charge in [-0.2, -0.15) is 0 Å². The average molecular weight is 361 g/mol. The highest BCUT2D eigenvalue weighted by Crippen LogP contribution is 2.32. The topological polar surface area (TPSA) is 63.4 Å². The zero-order valence-corrected chi connectivity index (χ0v) is 13.2. The molecule has 22 heavy (non-hydrogen) atoms. The molecule has 0 unspecified atom stereocenters. The fourth-order valence-corrected chi connectivity index (χ4v) is 2.87. The van der Waals surface area contributed by atoms with Crippen molar-refractivity contribution in [2.75, 3.05) is 4.90 Å². The lowest BCUT2D eigenvalue weighted by molar-refractivity contribution is -0.384. The highest BCUT2D eigenvalue weighted by molar-refractivity contribution is 9.10. The van der Waals surface area contributed by atoms with E-state index in [4.69, 9.17) is 0 Å². The summed E-state index contributed by atoms with van der Waals surface area (Å²) in [4.78, 5) is 24.4. The normalized spacial score (nSPS) is 13.9. The average Bonchev–Trinajstić information content (AvgIpc) is 2.51. The third-order valence-corrected chi connectivity index (χ3v) is 4.26. The van der Waals surface area contributed by atoms with Crippen LogP contribution in [0.3, 0.4) is 0 Å². The summed E-state index contributed by atoms with van der Waals surface area (Å²) in [6.45, 7) is 0.469. The molecule has 2 aromatic rings. The van der Waals surface area contributed by atoms with Gasteiger partial charge in [0, 0.05) is 28.7 Å². The highest BCUT2D eigenvalue weighted by Gasteiger charge is 2.25. The van der Waals surface area contributed by atoms with Crippen LogP contribution < -0.4 is 4.90 Å². The second-order valence-corrected chi connectivity index (χ2v) is 6.09. The smallest absolute Gasteiger partial charge is 0.269 e. The first-order chi connectivity index (χ1) is 10.5. The first kappa shape index (κ1) is 14.7. The van der Waals surface area contributed by atoms with Gasteiger partial charge in [-0.15, -0.1) is 0 Å². The largest absolute Gasteiger partial charge is 0.308 e. The maximum atomic E-state index is 12.2. The Hall–Kier alpha value is -2.21. The molecular weight excluding hydrogens is 348 g/mol. The second-order valence-electron chi connectivity index (χ2n) is 5.18. The molecule has 0 radical (unpaired) electrons. The third-order valence-electron chi connectivity index (χ3n) is 3.73. The van der Waals surface area contributed by atoms with Gasteiger partial charge in [-0.05, 0) is 35.7 Å². The molecule has 0 bridgehead atoms. The van der Waals surface area contributed by atoms with Crippen LogP contribution in [-0.2, 0) is 17.8 Å². The van der Waals surface area contributed by atoms with Crippen molar-refractivity contribution in [3.05, 3.63) is 68.2 Å². The number of aryl methyl sites for hydroxylation is 1. The predicted octanol–water partition coefficient (Wildman–Crippen LogP) is 3.84. The number of amides is 1. The van der Waals surface area contributed by atoms with E-state index in [1.165, 1.54) is 6.07 Å². The summed E-state index contributed by atoms with van der Waals surface area (Å²) in [5.74, 6) is 0.0456. The maximum Gasteiger partial charge on any atom is 0.269 e. The fourth-order valence-electron chi connectivity index (χ4n) is 2.61. The van der Waals surface area contributed by atoms with Crippen LogP contribution in [0.1, 0.15) is 17.5 Å². The third kappa shape index (κ3) is 2.87. The number of hydrogen-bond donors (Lipinski definition) is 0. The van der Waals surface area contributed by atoms with Crippen LogP contribution in [0.4, 0.5) is 11.4 Å². The van der Waals surface area contributed by atoms with E-state index < -0.39 is 4.92 Å². The number of hydrogen-bond acceptors (Lipinski definition) is 3. The lowest BCUT2D eigenvalue weighted by Crippen LogP contribution is -2.34. The second kappa shape index (κ2) is 5.88. The van der Waals surface area contributed by atoms with Crippen molar-refractivity contribution < 1.29 is 9.72 Å². The Morgan fingerprint density at radius 3 is 2.55 bits per heavy atom. The summed E-state index contributed by atoms with van der Waals surface area (Å²) in [6, 6.07) is 12.5. The van der Waals surface area contributed by atoms with Crippen LogP contribution >= 0.6 is 15.9 Å². The van der Waals surface area contributed by atoms with Crippen LogP contribution in [0, 0.1) is 10.1 Å². The minimum atomic E-state index is -0.407. The van der Waals surface area contributed by atoms with E-state index in [2.05, 4.69) is 15.9 Å². The van der Waals surface area contributed by atoms with Crippen molar-refractivity contribution in [2.45, 2.75) is 19.4 Å². The van der Waals surface area contributed by atoms with Crippen molar-refractivity contribution in [3.63, 3.8) is 0 Å². The van der Waals surface area contributed by atoms with Crippen molar-refractivity contribution >= 4 is 33.2 Å². The van der Waals surface area contributed by atoms with Crippen LogP contribution in [0.2, 0.25) is 0 Å². The molecule has 1 amide bonds. The summed E-state index contributed by atoms with van der Waals surface area (Å²) in [5.41, 5.74) is 2.70. The number of nitro benzene ring substituents is 1. The molecule has 0 aromatic heterocycles. The molecule has 3 rings (SSSR count). The zero-order chi connectivity index (χ0) is 15.7. The molecule has 0 saturated carbocycles. The molecular formula is C16H13BrN2O3. The monoisotopic (exact) mass is 360 g/mol. The number of carbonyl (C=O) groups is 1. The van der Waals surface area contributed by atoms with Gasteiger partial charge in [0.1, 0.15) is 0 Å². The van der Waals surface area contributed by atoms with Crippen molar-refractivity contribution in [1.29, 1.82) is 0 Å². The first-order valence-corrected chi connectivity index (χ1v) is 7.66. The molecule has 0 N–H and O–H groups in total. The van der Waals surface area contributed by atoms with E-state index in [9.17, 15) is 14.9 Å². The van der Waals surface area contributed by atoms with Gasteiger partial charge in [-0.3, -0.25) is 14.9 Å². The molecule has 5 nitrogen and oxygen atoms in total. The highest BCUT2D eigenvalue weighted by atomic mass is 79.9. The number of carbonyl (C=O) groups excluding carboxylic acids is 1. The van der Waals surface area contributed by atoms with Gasteiger partial charge in [0.25, 0.3) is 5.69 Å². The summed E-state index contributed by atoms with van der Waals surface area (Å²) in [6.07, 6.45) is 0.928. The van der Waals surface area contributed by atoms with E-state index in [1.807, 2.05) is 24.3 Å². The Balaban J connectivity index is 1.93. The summed E-state index contributed by atoms with van der Waals surface area (Å²) < 4.78 is 0.984. The number of rotatable bonds is 3. The lowest BCUT2D eigenvalue weighted by atomic mass is 9.99. The quantitative estimate of drug-likeness (QED) is 0.616. The molecule has 112 valence electrons. The molecule has 1 heterocycles. The van der Waals surface area contributed by atoms with Gasteiger partial charge < -0.3 is 4.90 Å². The molecule has 1 aliphatic heterocycles. The molecule has 0 saturated heterocycles. The number of halogens is 1. The van der Waals surface area contributed by atoms with Gasteiger partial charge in [-0.1, -0.05) is 28.1 Å². The Labute approximate surface area is 135 Å². The Morgan fingerprint density at radius 1 is 1.14 bits per heavy atom. The van der Waals surface area contributed by atoms with Gasteiger partial charge in [-0.25, -0.2) is 0 Å². The summed E-state index contributed by atoms with van der Waals surface area (Å²) >= 11 is 3.39. The van der Waals surface area contributed by atoms with Gasteiger partial charge in [0.2, 0.25) is 5.91 Å². The molecule has 0 atom stereocenters. The fraction of sp³-hybridized carbons (Fsp3) is 0.188. The van der Waals surface area contributed by atoms with Gasteiger partial charge >= 0.3 is 0 Å². The molecule has 6 heteroatoms. The minimum Gasteiger partial charge on any atom is -0.308 e. The molecule has 0 fully saturated rings. The van der Waals surface area contributed by atoms with Gasteiger partial charge in [0.15, 0.2) is 0 Å². The van der Waals surface area contributed by atoms with E-state index in [0.29, 0.717) is 19.4 Å². The van der Waals surface area contributed by atoms with Crippen molar-refractivity contribution in [2.24, 2.45) is 0 Å². The number of benzene rings is 2. The lowest BCUT2D eigenvalue weighted by Gasteiger charge is -2.29. The maximum absolute atomic E-state index is 12.2. The summed E-state index contributed by atoms with van der Waals surface area (Å²) in [5, 5.41) is 10.9. The van der Waals surface area contributed by atoms with Crippen molar-refractivity contribution in [3.8, 4) is 0 Å². The number of fused-ring (bicyclic) bond motifs is 1.